The number of primary amides is 1. The molecule has 0 unspecified atom stereocenters. The summed E-state index contributed by atoms with van der Waals surface area (Å²) >= 11 is 6.04. The molecule has 1 fully saturated rings. The average molecular weight is 363 g/mol. The Balaban J connectivity index is 2.10. The Bertz CT molecular complexity index is 866. The van der Waals surface area contributed by atoms with Crippen LogP contribution in [0.5, 0.6) is 5.75 Å². The van der Waals surface area contributed by atoms with Gasteiger partial charge in [0.15, 0.2) is 5.82 Å². The summed E-state index contributed by atoms with van der Waals surface area (Å²) in [5, 5.41) is 2.92. The van der Waals surface area contributed by atoms with E-state index in [2.05, 4.69) is 5.32 Å². The Morgan fingerprint density at radius 2 is 1.96 bits per heavy atom. The number of anilines is 1. The van der Waals surface area contributed by atoms with Gasteiger partial charge in [0.1, 0.15) is 11.3 Å². The number of nitrogens with one attached hydrogen (secondary N) is 1. The SMILES string of the molecule is COc1cc(C2CC2)c(C(=O)Nc2ccccc2Cl)c(F)c1C(N)=O. The maximum Gasteiger partial charge on any atom is 0.259 e. The zero-order valence-corrected chi connectivity index (χ0v) is 14.2. The minimum atomic E-state index is -0.997. The molecule has 0 saturated heterocycles. The summed E-state index contributed by atoms with van der Waals surface area (Å²) in [6, 6.07) is 8.14. The van der Waals surface area contributed by atoms with E-state index in [4.69, 9.17) is 22.1 Å². The summed E-state index contributed by atoms with van der Waals surface area (Å²) in [5.74, 6) is -2.57. The van der Waals surface area contributed by atoms with Crippen LogP contribution in [0.15, 0.2) is 30.3 Å². The second-order valence-electron chi connectivity index (χ2n) is 5.80. The van der Waals surface area contributed by atoms with Crippen molar-refractivity contribution in [2.45, 2.75) is 18.8 Å². The zero-order chi connectivity index (χ0) is 18.1. The van der Waals surface area contributed by atoms with Crippen LogP contribution < -0.4 is 15.8 Å². The van der Waals surface area contributed by atoms with Gasteiger partial charge in [0.05, 0.1) is 23.4 Å². The Morgan fingerprint density at radius 3 is 2.52 bits per heavy atom. The van der Waals surface area contributed by atoms with Crippen molar-refractivity contribution >= 4 is 29.1 Å². The number of amides is 2. The molecule has 1 saturated carbocycles. The Morgan fingerprint density at radius 1 is 1.28 bits per heavy atom. The lowest BCUT2D eigenvalue weighted by atomic mass is 9.97. The van der Waals surface area contributed by atoms with E-state index in [0.29, 0.717) is 16.3 Å². The number of para-hydroxylation sites is 1. The van der Waals surface area contributed by atoms with Gasteiger partial charge in [0.25, 0.3) is 11.8 Å². The van der Waals surface area contributed by atoms with Crippen molar-refractivity contribution in [3.05, 3.63) is 57.9 Å². The number of methoxy groups -OCH3 is 1. The number of ether oxygens (including phenoxy) is 1. The first-order valence-corrected chi connectivity index (χ1v) is 8.08. The quantitative estimate of drug-likeness (QED) is 0.850. The fourth-order valence-corrected chi connectivity index (χ4v) is 2.91. The third-order valence-electron chi connectivity index (χ3n) is 4.09. The molecule has 0 bridgehead atoms. The maximum absolute atomic E-state index is 15.0. The number of carbonyl (C=O) groups is 2. The molecule has 1 aliphatic rings. The number of hydrogen-bond donors (Lipinski definition) is 2. The van der Waals surface area contributed by atoms with Crippen LogP contribution in [-0.2, 0) is 0 Å². The van der Waals surface area contributed by atoms with Crippen LogP contribution in [-0.4, -0.2) is 18.9 Å². The van der Waals surface area contributed by atoms with Gasteiger partial charge in [-0.3, -0.25) is 9.59 Å². The van der Waals surface area contributed by atoms with E-state index in [-0.39, 0.29) is 17.2 Å². The highest BCUT2D eigenvalue weighted by Gasteiger charge is 2.34. The number of nitrogens with two attached hydrogens (primary N) is 1. The third kappa shape index (κ3) is 3.30. The minimum Gasteiger partial charge on any atom is -0.496 e. The third-order valence-corrected chi connectivity index (χ3v) is 4.42. The van der Waals surface area contributed by atoms with E-state index < -0.39 is 23.2 Å². The number of rotatable bonds is 5. The lowest BCUT2D eigenvalue weighted by Crippen LogP contribution is -2.22. The van der Waals surface area contributed by atoms with E-state index in [1.165, 1.54) is 13.2 Å². The van der Waals surface area contributed by atoms with E-state index >= 15 is 0 Å². The van der Waals surface area contributed by atoms with Gasteiger partial charge in [0.2, 0.25) is 0 Å². The monoisotopic (exact) mass is 362 g/mol. The topological polar surface area (TPSA) is 81.4 Å². The molecule has 3 rings (SSSR count). The van der Waals surface area contributed by atoms with E-state index in [1.807, 2.05) is 0 Å². The molecule has 0 radical (unpaired) electrons. The first-order valence-electron chi connectivity index (χ1n) is 7.70. The van der Waals surface area contributed by atoms with Crippen LogP contribution in [0.2, 0.25) is 5.02 Å². The van der Waals surface area contributed by atoms with Crippen molar-refractivity contribution in [2.75, 3.05) is 12.4 Å². The number of benzene rings is 2. The molecule has 3 N–H and O–H groups in total. The summed E-state index contributed by atoms with van der Waals surface area (Å²) < 4.78 is 20.1. The van der Waals surface area contributed by atoms with Crippen molar-refractivity contribution in [2.24, 2.45) is 5.73 Å². The highest BCUT2D eigenvalue weighted by Crippen LogP contribution is 2.45. The number of halogens is 2. The van der Waals surface area contributed by atoms with Crippen LogP contribution >= 0.6 is 11.6 Å². The van der Waals surface area contributed by atoms with E-state index in [0.717, 1.165) is 12.8 Å². The molecule has 1 aliphatic carbocycles. The summed E-state index contributed by atoms with van der Waals surface area (Å²) in [4.78, 5) is 24.3. The predicted molar refractivity (Wildman–Crippen MR) is 92.9 cm³/mol. The summed E-state index contributed by atoms with van der Waals surface area (Å²) in [6.07, 6.45) is 1.68. The van der Waals surface area contributed by atoms with Crippen molar-refractivity contribution in [1.82, 2.24) is 0 Å². The van der Waals surface area contributed by atoms with Crippen molar-refractivity contribution < 1.29 is 18.7 Å². The van der Waals surface area contributed by atoms with Gasteiger partial charge in [-0.25, -0.2) is 4.39 Å². The molecule has 0 aliphatic heterocycles. The molecule has 2 aromatic carbocycles. The Hall–Kier alpha value is -2.60. The smallest absolute Gasteiger partial charge is 0.259 e. The van der Waals surface area contributed by atoms with Crippen LogP contribution in [0, 0.1) is 5.82 Å². The first-order chi connectivity index (χ1) is 11.9. The maximum atomic E-state index is 15.0. The largest absolute Gasteiger partial charge is 0.496 e. The van der Waals surface area contributed by atoms with Crippen molar-refractivity contribution in [3.8, 4) is 5.75 Å². The van der Waals surface area contributed by atoms with Gasteiger partial charge >= 0.3 is 0 Å². The molecule has 2 aromatic rings. The van der Waals surface area contributed by atoms with Gasteiger partial charge in [0, 0.05) is 0 Å². The zero-order valence-electron chi connectivity index (χ0n) is 13.4. The average Bonchev–Trinajstić information content (AvgIpc) is 3.40. The van der Waals surface area contributed by atoms with E-state index in [9.17, 15) is 14.0 Å². The molecule has 0 aromatic heterocycles. The molecular weight excluding hydrogens is 347 g/mol. The van der Waals surface area contributed by atoms with Gasteiger partial charge in [-0.1, -0.05) is 23.7 Å². The number of hydrogen-bond acceptors (Lipinski definition) is 3. The summed E-state index contributed by atoms with van der Waals surface area (Å²) in [5.41, 5.74) is 5.49. The van der Waals surface area contributed by atoms with E-state index in [1.54, 1.807) is 24.3 Å². The normalized spacial score (nSPS) is 13.4. The standard InChI is InChI=1S/C18H16ClFN2O3/c1-25-13-8-10(9-6-7-9)14(16(20)15(13)17(21)23)18(24)22-12-5-3-2-4-11(12)19/h2-5,8-9H,6-7H2,1H3,(H2,21,23)(H,22,24). The van der Waals surface area contributed by atoms with Gasteiger partial charge in [-0.05, 0) is 42.5 Å². The van der Waals surface area contributed by atoms with Crippen molar-refractivity contribution in [1.29, 1.82) is 0 Å². The second-order valence-corrected chi connectivity index (χ2v) is 6.21. The lowest BCUT2D eigenvalue weighted by Gasteiger charge is -2.16. The molecule has 2 amide bonds. The molecule has 25 heavy (non-hydrogen) atoms. The summed E-state index contributed by atoms with van der Waals surface area (Å²) in [7, 11) is 1.32. The number of carbonyl (C=O) groups excluding carboxylic acids is 2. The molecule has 0 spiro atoms. The van der Waals surface area contributed by atoms with Gasteiger partial charge in [-0.15, -0.1) is 0 Å². The van der Waals surface area contributed by atoms with Gasteiger partial charge in [-0.2, -0.15) is 0 Å². The highest BCUT2D eigenvalue weighted by molar-refractivity contribution is 6.34. The highest BCUT2D eigenvalue weighted by atomic mass is 35.5. The molecule has 7 heteroatoms. The molecule has 130 valence electrons. The second kappa shape index (κ2) is 6.72. The predicted octanol–water partition coefficient (Wildman–Crippen LogP) is 3.72. The van der Waals surface area contributed by atoms with Crippen LogP contribution in [0.3, 0.4) is 0 Å². The fourth-order valence-electron chi connectivity index (χ4n) is 2.73. The van der Waals surface area contributed by atoms with Gasteiger partial charge < -0.3 is 15.8 Å². The van der Waals surface area contributed by atoms with Crippen LogP contribution in [0.25, 0.3) is 0 Å². The Labute approximate surface area is 148 Å². The van der Waals surface area contributed by atoms with Crippen LogP contribution in [0.4, 0.5) is 10.1 Å². The molecule has 5 nitrogen and oxygen atoms in total. The van der Waals surface area contributed by atoms with Crippen molar-refractivity contribution in [3.63, 3.8) is 0 Å². The minimum absolute atomic E-state index is 0.0289. The fraction of sp³-hybridized carbons (Fsp3) is 0.222. The molecular formula is C18H16ClFN2O3. The lowest BCUT2D eigenvalue weighted by molar-refractivity contribution is 0.0993. The van der Waals surface area contributed by atoms with Crippen LogP contribution in [0.1, 0.15) is 45.0 Å². The molecule has 0 heterocycles. The first kappa shape index (κ1) is 17.2. The summed E-state index contributed by atoms with van der Waals surface area (Å²) in [6.45, 7) is 0. The Kier molecular flexibility index (Phi) is 4.63. The molecule has 0 atom stereocenters.